The third-order valence-corrected chi connectivity index (χ3v) is 4.81. The number of ketones is 1. The first-order valence-corrected chi connectivity index (χ1v) is 8.97. The van der Waals surface area contributed by atoms with E-state index in [0.717, 1.165) is 23.7 Å². The maximum atomic E-state index is 12.9. The molecule has 138 valence electrons. The van der Waals surface area contributed by atoms with Crippen molar-refractivity contribution in [3.8, 4) is 5.88 Å². The Labute approximate surface area is 156 Å². The van der Waals surface area contributed by atoms with Crippen molar-refractivity contribution in [1.29, 1.82) is 0 Å². The maximum Gasteiger partial charge on any atom is 0.295 e. The lowest BCUT2D eigenvalue weighted by Gasteiger charge is -2.32. The van der Waals surface area contributed by atoms with E-state index < -0.39 is 11.7 Å². The van der Waals surface area contributed by atoms with Gasteiger partial charge in [0.1, 0.15) is 6.10 Å². The van der Waals surface area contributed by atoms with E-state index in [9.17, 15) is 9.59 Å². The van der Waals surface area contributed by atoms with Crippen molar-refractivity contribution in [3.05, 3.63) is 54.1 Å². The van der Waals surface area contributed by atoms with Crippen LogP contribution in [0.5, 0.6) is 5.88 Å². The van der Waals surface area contributed by atoms with Gasteiger partial charge in [-0.15, -0.1) is 0 Å². The monoisotopic (exact) mass is 364 g/mol. The van der Waals surface area contributed by atoms with E-state index in [-0.39, 0.29) is 6.10 Å². The Morgan fingerprint density at radius 2 is 2.11 bits per heavy atom. The Morgan fingerprint density at radius 3 is 2.93 bits per heavy atom. The van der Waals surface area contributed by atoms with Crippen LogP contribution in [0, 0.1) is 6.92 Å². The zero-order chi connectivity index (χ0) is 18.8. The topological polar surface area (TPSA) is 88.2 Å². The summed E-state index contributed by atoms with van der Waals surface area (Å²) in [7, 11) is 0. The quantitative estimate of drug-likeness (QED) is 0.568. The Balaban J connectivity index is 1.51. The highest BCUT2D eigenvalue weighted by atomic mass is 16.5. The van der Waals surface area contributed by atoms with Gasteiger partial charge in [0, 0.05) is 35.5 Å². The fourth-order valence-corrected chi connectivity index (χ4v) is 3.56. The van der Waals surface area contributed by atoms with Crippen LogP contribution in [0.25, 0.3) is 10.9 Å². The lowest BCUT2D eigenvalue weighted by atomic mass is 10.0. The number of carbonyl (C=O) groups is 2. The van der Waals surface area contributed by atoms with Crippen molar-refractivity contribution in [3.63, 3.8) is 0 Å². The standard InChI is InChI=1S/C20H20N4O3/c1-13-18(15-6-2-3-7-16(15)23-13)19(25)20(26)24-10-4-5-14(12-24)27-17-11-21-8-9-22-17/h2-3,6-9,11,14,23H,4-5,10,12H2,1H3. The number of ether oxygens (including phenoxy) is 1. The second kappa shape index (κ2) is 7.19. The number of aromatic amines is 1. The summed E-state index contributed by atoms with van der Waals surface area (Å²) in [6.07, 6.45) is 6.06. The van der Waals surface area contributed by atoms with Gasteiger partial charge in [0.05, 0.1) is 18.3 Å². The molecule has 1 unspecified atom stereocenters. The summed E-state index contributed by atoms with van der Waals surface area (Å²) in [5, 5.41) is 0.776. The number of H-pyrrole nitrogens is 1. The number of rotatable bonds is 4. The predicted octanol–water partition coefficient (Wildman–Crippen LogP) is 2.52. The number of nitrogens with one attached hydrogen (secondary N) is 1. The molecule has 1 aliphatic heterocycles. The van der Waals surface area contributed by atoms with Crippen molar-refractivity contribution >= 4 is 22.6 Å². The van der Waals surface area contributed by atoms with Crippen LogP contribution in [0.2, 0.25) is 0 Å². The first kappa shape index (κ1) is 17.2. The predicted molar refractivity (Wildman–Crippen MR) is 99.6 cm³/mol. The molecule has 1 aliphatic rings. The van der Waals surface area contributed by atoms with Crippen molar-refractivity contribution in [2.45, 2.75) is 25.9 Å². The lowest BCUT2D eigenvalue weighted by molar-refractivity contribution is -0.129. The molecule has 1 fully saturated rings. The van der Waals surface area contributed by atoms with Crippen LogP contribution in [0.1, 0.15) is 28.9 Å². The molecule has 1 amide bonds. The highest BCUT2D eigenvalue weighted by Crippen LogP contribution is 2.24. The summed E-state index contributed by atoms with van der Waals surface area (Å²) >= 11 is 0. The SMILES string of the molecule is Cc1[nH]c2ccccc2c1C(=O)C(=O)N1CCCC(Oc2cnccn2)C1. The van der Waals surface area contributed by atoms with Crippen LogP contribution >= 0.6 is 0 Å². The molecule has 3 heterocycles. The Bertz CT molecular complexity index is 983. The van der Waals surface area contributed by atoms with Gasteiger partial charge in [-0.1, -0.05) is 18.2 Å². The summed E-state index contributed by atoms with van der Waals surface area (Å²) in [6.45, 7) is 2.73. The van der Waals surface area contributed by atoms with Gasteiger partial charge in [-0.05, 0) is 25.8 Å². The lowest BCUT2D eigenvalue weighted by Crippen LogP contribution is -2.47. The minimum atomic E-state index is -0.490. The molecule has 0 bridgehead atoms. The van der Waals surface area contributed by atoms with E-state index in [2.05, 4.69) is 15.0 Å². The first-order valence-electron chi connectivity index (χ1n) is 8.97. The third kappa shape index (κ3) is 3.40. The number of fused-ring (bicyclic) bond motifs is 1. The number of Topliss-reactive ketones (excluding diaryl/α,β-unsaturated/α-hetero) is 1. The molecule has 0 spiro atoms. The number of aryl methyl sites for hydroxylation is 1. The number of piperidine rings is 1. The van der Waals surface area contributed by atoms with Crippen LogP contribution in [0.3, 0.4) is 0 Å². The number of likely N-dealkylation sites (tertiary alicyclic amines) is 1. The van der Waals surface area contributed by atoms with Gasteiger partial charge in [-0.2, -0.15) is 0 Å². The molecule has 3 aromatic rings. The molecule has 4 rings (SSSR count). The first-order chi connectivity index (χ1) is 13.1. The normalized spacial score (nSPS) is 17.1. The fraction of sp³-hybridized carbons (Fsp3) is 0.300. The number of para-hydroxylation sites is 1. The van der Waals surface area contributed by atoms with Crippen LogP contribution < -0.4 is 4.74 Å². The molecule has 7 heteroatoms. The third-order valence-electron chi connectivity index (χ3n) is 4.81. The summed E-state index contributed by atoms with van der Waals surface area (Å²) in [5.41, 5.74) is 2.01. The number of hydrogen-bond acceptors (Lipinski definition) is 5. The Hall–Kier alpha value is -3.22. The summed E-state index contributed by atoms with van der Waals surface area (Å²) in [4.78, 5) is 38.6. The van der Waals surface area contributed by atoms with Gasteiger partial charge in [0.25, 0.3) is 11.7 Å². The molecule has 0 saturated carbocycles. The molecule has 0 radical (unpaired) electrons. The van der Waals surface area contributed by atoms with Gasteiger partial charge < -0.3 is 14.6 Å². The van der Waals surface area contributed by atoms with Gasteiger partial charge in [-0.25, -0.2) is 4.98 Å². The second-order valence-corrected chi connectivity index (χ2v) is 6.68. The van der Waals surface area contributed by atoms with Gasteiger partial charge in [0.15, 0.2) is 0 Å². The average Bonchev–Trinajstić information content (AvgIpc) is 3.03. The van der Waals surface area contributed by atoms with Crippen molar-refractivity contribution in [2.24, 2.45) is 0 Å². The van der Waals surface area contributed by atoms with E-state index in [1.54, 1.807) is 23.5 Å². The van der Waals surface area contributed by atoms with Crippen LogP contribution in [-0.4, -0.2) is 50.7 Å². The van der Waals surface area contributed by atoms with E-state index in [1.165, 1.54) is 0 Å². The van der Waals surface area contributed by atoms with E-state index in [4.69, 9.17) is 4.74 Å². The Kier molecular flexibility index (Phi) is 4.58. The number of benzene rings is 1. The smallest absolute Gasteiger partial charge is 0.295 e. The number of hydrogen-bond donors (Lipinski definition) is 1. The summed E-state index contributed by atoms with van der Waals surface area (Å²) in [5.74, 6) is -0.545. The fourth-order valence-electron chi connectivity index (χ4n) is 3.56. The number of aromatic nitrogens is 3. The van der Waals surface area contributed by atoms with Crippen molar-refractivity contribution in [2.75, 3.05) is 13.1 Å². The summed E-state index contributed by atoms with van der Waals surface area (Å²) < 4.78 is 5.82. The molecule has 1 N–H and O–H groups in total. The van der Waals surface area contributed by atoms with Gasteiger partial charge in [0.2, 0.25) is 5.88 Å². The summed E-state index contributed by atoms with van der Waals surface area (Å²) in [6, 6.07) is 7.51. The van der Waals surface area contributed by atoms with Crippen molar-refractivity contribution in [1.82, 2.24) is 19.9 Å². The van der Waals surface area contributed by atoms with Crippen LogP contribution in [-0.2, 0) is 4.79 Å². The number of carbonyl (C=O) groups excluding carboxylic acids is 2. The van der Waals surface area contributed by atoms with Crippen molar-refractivity contribution < 1.29 is 14.3 Å². The zero-order valence-electron chi connectivity index (χ0n) is 15.0. The Morgan fingerprint density at radius 1 is 1.26 bits per heavy atom. The molecule has 2 aromatic heterocycles. The number of amides is 1. The maximum absolute atomic E-state index is 12.9. The molecule has 7 nitrogen and oxygen atoms in total. The van der Waals surface area contributed by atoms with Crippen LogP contribution in [0.15, 0.2) is 42.9 Å². The highest BCUT2D eigenvalue weighted by Gasteiger charge is 2.31. The van der Waals surface area contributed by atoms with Gasteiger partial charge >= 0.3 is 0 Å². The van der Waals surface area contributed by atoms with E-state index in [1.807, 2.05) is 31.2 Å². The molecule has 27 heavy (non-hydrogen) atoms. The number of nitrogens with zero attached hydrogens (tertiary/aromatic N) is 3. The average molecular weight is 364 g/mol. The molecular formula is C20H20N4O3. The second-order valence-electron chi connectivity index (χ2n) is 6.68. The molecular weight excluding hydrogens is 344 g/mol. The van der Waals surface area contributed by atoms with E-state index in [0.29, 0.717) is 30.2 Å². The highest BCUT2D eigenvalue weighted by molar-refractivity contribution is 6.45. The molecule has 0 aliphatic carbocycles. The molecule has 1 aromatic carbocycles. The molecule has 1 atom stereocenters. The minimum Gasteiger partial charge on any atom is -0.471 e. The molecule has 1 saturated heterocycles. The van der Waals surface area contributed by atoms with Gasteiger partial charge in [-0.3, -0.25) is 14.6 Å². The minimum absolute atomic E-state index is 0.198. The zero-order valence-corrected chi connectivity index (χ0v) is 15.0. The van der Waals surface area contributed by atoms with E-state index >= 15 is 0 Å². The van der Waals surface area contributed by atoms with Crippen LogP contribution in [0.4, 0.5) is 0 Å². The largest absolute Gasteiger partial charge is 0.471 e.